The first kappa shape index (κ1) is 17.5. The molecular formula is C24H21N3O2. The van der Waals surface area contributed by atoms with Crippen molar-refractivity contribution in [1.29, 1.82) is 0 Å². The van der Waals surface area contributed by atoms with Crippen LogP contribution in [0.2, 0.25) is 0 Å². The summed E-state index contributed by atoms with van der Waals surface area (Å²) in [6, 6.07) is 18.2. The summed E-state index contributed by atoms with van der Waals surface area (Å²) in [5.41, 5.74) is 5.38. The van der Waals surface area contributed by atoms with Gasteiger partial charge in [0.2, 0.25) is 5.91 Å². The number of rotatable bonds is 5. The van der Waals surface area contributed by atoms with Gasteiger partial charge in [-0.25, -0.2) is 0 Å². The van der Waals surface area contributed by atoms with Crippen molar-refractivity contribution in [3.05, 3.63) is 84.3 Å². The smallest absolute Gasteiger partial charge is 0.224 e. The Balaban J connectivity index is 1.24. The highest BCUT2D eigenvalue weighted by Crippen LogP contribution is 2.38. The number of hydrogen-bond donors (Lipinski definition) is 2. The number of carbonyl (C=O) groups is 1. The van der Waals surface area contributed by atoms with Gasteiger partial charge >= 0.3 is 0 Å². The lowest BCUT2D eigenvalue weighted by Crippen LogP contribution is -2.35. The molecular weight excluding hydrogens is 362 g/mol. The molecule has 0 spiro atoms. The van der Waals surface area contributed by atoms with E-state index in [1.165, 1.54) is 5.56 Å². The first-order chi connectivity index (χ1) is 14.3. The van der Waals surface area contributed by atoms with Crippen molar-refractivity contribution in [3.63, 3.8) is 0 Å². The van der Waals surface area contributed by atoms with E-state index in [1.807, 2.05) is 42.6 Å². The van der Waals surface area contributed by atoms with Gasteiger partial charge in [0.15, 0.2) is 0 Å². The van der Waals surface area contributed by atoms with Crippen LogP contribution in [0.25, 0.3) is 22.0 Å². The molecule has 5 nitrogen and oxygen atoms in total. The fourth-order valence-electron chi connectivity index (χ4n) is 3.95. The predicted octanol–water partition coefficient (Wildman–Crippen LogP) is 3.89. The van der Waals surface area contributed by atoms with Crippen molar-refractivity contribution in [2.24, 2.45) is 0 Å². The van der Waals surface area contributed by atoms with Crippen LogP contribution < -0.4 is 10.1 Å². The number of amides is 1. The van der Waals surface area contributed by atoms with E-state index >= 15 is 0 Å². The van der Waals surface area contributed by atoms with E-state index in [4.69, 9.17) is 4.74 Å². The van der Waals surface area contributed by atoms with Gasteiger partial charge in [-0.15, -0.1) is 0 Å². The fourth-order valence-corrected chi connectivity index (χ4v) is 3.95. The van der Waals surface area contributed by atoms with Crippen molar-refractivity contribution < 1.29 is 9.53 Å². The Kier molecular flexibility index (Phi) is 4.48. The molecule has 0 aliphatic carbocycles. The Morgan fingerprint density at radius 3 is 2.86 bits per heavy atom. The molecule has 0 fully saturated rings. The molecule has 1 aliphatic rings. The van der Waals surface area contributed by atoms with E-state index in [9.17, 15) is 4.79 Å². The third-order valence-corrected chi connectivity index (χ3v) is 5.37. The Hall–Kier alpha value is -3.60. The number of nitrogens with zero attached hydrogens (tertiary/aromatic N) is 1. The van der Waals surface area contributed by atoms with E-state index in [0.29, 0.717) is 13.0 Å². The summed E-state index contributed by atoms with van der Waals surface area (Å²) >= 11 is 0. The van der Waals surface area contributed by atoms with E-state index in [0.717, 1.165) is 39.8 Å². The van der Waals surface area contributed by atoms with Gasteiger partial charge in [-0.3, -0.25) is 9.78 Å². The molecule has 5 rings (SSSR count). The summed E-state index contributed by atoms with van der Waals surface area (Å²) in [6.07, 6.45) is 6.57. The quantitative estimate of drug-likeness (QED) is 0.549. The predicted molar refractivity (Wildman–Crippen MR) is 113 cm³/mol. The van der Waals surface area contributed by atoms with Gasteiger partial charge in [0.25, 0.3) is 0 Å². The van der Waals surface area contributed by atoms with Crippen LogP contribution in [0.15, 0.2) is 73.2 Å². The maximum absolute atomic E-state index is 12.5. The normalized spacial score (nSPS) is 15.1. The minimum absolute atomic E-state index is 0.00339. The Morgan fingerprint density at radius 1 is 1.10 bits per heavy atom. The number of aromatic nitrogens is 2. The standard InChI is InChI=1S/C24H21N3O2/c28-23(13-18-14-26-22-7-2-1-5-20(18)22)27-15-19-12-17-4-3-6-21(24(17)29-19)16-8-10-25-11-9-16/h1-11,14,19,26H,12-13,15H2,(H,27,28)/t19-/m0/s1. The van der Waals surface area contributed by atoms with Gasteiger partial charge in [-0.1, -0.05) is 36.4 Å². The van der Waals surface area contributed by atoms with Crippen LogP contribution in [0.3, 0.4) is 0 Å². The SMILES string of the molecule is O=C(Cc1c[nH]c2ccccc12)NC[C@@H]1Cc2cccc(-c3ccncc3)c2O1. The van der Waals surface area contributed by atoms with E-state index in [2.05, 4.69) is 33.5 Å². The van der Waals surface area contributed by atoms with Crippen LogP contribution in [-0.2, 0) is 17.6 Å². The topological polar surface area (TPSA) is 67.0 Å². The van der Waals surface area contributed by atoms with E-state index in [-0.39, 0.29) is 12.0 Å². The molecule has 1 aliphatic heterocycles. The molecule has 29 heavy (non-hydrogen) atoms. The number of benzene rings is 2. The molecule has 2 aromatic heterocycles. The van der Waals surface area contributed by atoms with Gasteiger partial charge in [-0.05, 0) is 34.9 Å². The molecule has 1 amide bonds. The summed E-state index contributed by atoms with van der Waals surface area (Å²) in [7, 11) is 0. The van der Waals surface area contributed by atoms with Crippen LogP contribution in [0.5, 0.6) is 5.75 Å². The molecule has 0 unspecified atom stereocenters. The molecule has 0 radical (unpaired) electrons. The Morgan fingerprint density at radius 2 is 1.97 bits per heavy atom. The number of aromatic amines is 1. The largest absolute Gasteiger partial charge is 0.487 e. The van der Waals surface area contributed by atoms with E-state index in [1.54, 1.807) is 12.4 Å². The second-order valence-electron chi connectivity index (χ2n) is 7.31. The van der Waals surface area contributed by atoms with Crippen LogP contribution in [0.1, 0.15) is 11.1 Å². The minimum Gasteiger partial charge on any atom is -0.487 e. The van der Waals surface area contributed by atoms with Gasteiger partial charge in [0.05, 0.1) is 13.0 Å². The molecule has 4 aromatic rings. The zero-order valence-corrected chi connectivity index (χ0v) is 15.9. The Bertz CT molecular complexity index is 1170. The number of hydrogen-bond acceptors (Lipinski definition) is 3. The molecule has 144 valence electrons. The van der Waals surface area contributed by atoms with Crippen molar-refractivity contribution >= 4 is 16.8 Å². The third kappa shape index (κ3) is 3.47. The van der Waals surface area contributed by atoms with Crippen molar-refractivity contribution in [1.82, 2.24) is 15.3 Å². The summed E-state index contributed by atoms with van der Waals surface area (Å²) in [6.45, 7) is 0.492. The number of para-hydroxylation sites is 2. The highest BCUT2D eigenvalue weighted by Gasteiger charge is 2.26. The summed E-state index contributed by atoms with van der Waals surface area (Å²) < 4.78 is 6.21. The van der Waals surface area contributed by atoms with Crippen molar-refractivity contribution in [3.8, 4) is 16.9 Å². The molecule has 3 heterocycles. The minimum atomic E-state index is -0.0556. The van der Waals surface area contributed by atoms with Crippen LogP contribution in [0, 0.1) is 0 Å². The lowest BCUT2D eigenvalue weighted by molar-refractivity contribution is -0.120. The average molecular weight is 383 g/mol. The van der Waals surface area contributed by atoms with Gasteiger partial charge in [-0.2, -0.15) is 0 Å². The summed E-state index contributed by atoms with van der Waals surface area (Å²) in [5, 5.41) is 4.13. The van der Waals surface area contributed by atoms with Crippen molar-refractivity contribution in [2.75, 3.05) is 6.54 Å². The second kappa shape index (κ2) is 7.43. The molecule has 2 N–H and O–H groups in total. The maximum atomic E-state index is 12.5. The Labute approximate surface area is 168 Å². The highest BCUT2D eigenvalue weighted by molar-refractivity contribution is 5.88. The molecule has 5 heteroatoms. The van der Waals surface area contributed by atoms with Gasteiger partial charge < -0.3 is 15.0 Å². The van der Waals surface area contributed by atoms with Crippen molar-refractivity contribution in [2.45, 2.75) is 18.9 Å². The first-order valence-electron chi connectivity index (χ1n) is 9.78. The number of ether oxygens (including phenoxy) is 1. The highest BCUT2D eigenvalue weighted by atomic mass is 16.5. The second-order valence-corrected chi connectivity index (χ2v) is 7.31. The number of pyridine rings is 1. The number of fused-ring (bicyclic) bond motifs is 2. The van der Waals surface area contributed by atoms with E-state index < -0.39 is 0 Å². The summed E-state index contributed by atoms with van der Waals surface area (Å²) in [4.78, 5) is 19.8. The first-order valence-corrected chi connectivity index (χ1v) is 9.78. The maximum Gasteiger partial charge on any atom is 0.224 e. The number of carbonyl (C=O) groups excluding carboxylic acids is 1. The zero-order chi connectivity index (χ0) is 19.6. The lowest BCUT2D eigenvalue weighted by atomic mass is 10.0. The molecule has 2 aromatic carbocycles. The number of nitrogens with one attached hydrogen (secondary N) is 2. The molecule has 0 saturated heterocycles. The van der Waals surface area contributed by atoms with Crippen LogP contribution >= 0.6 is 0 Å². The monoisotopic (exact) mass is 383 g/mol. The van der Waals surface area contributed by atoms with Crippen LogP contribution in [-0.4, -0.2) is 28.5 Å². The molecule has 0 bridgehead atoms. The van der Waals surface area contributed by atoms with Gasteiger partial charge in [0.1, 0.15) is 11.9 Å². The molecule has 1 atom stereocenters. The van der Waals surface area contributed by atoms with Crippen LogP contribution in [0.4, 0.5) is 0 Å². The molecule has 0 saturated carbocycles. The summed E-state index contributed by atoms with van der Waals surface area (Å²) in [5.74, 6) is 0.915. The fraction of sp³-hybridized carbons (Fsp3) is 0.167. The average Bonchev–Trinajstić information content (AvgIpc) is 3.37. The zero-order valence-electron chi connectivity index (χ0n) is 15.9. The lowest BCUT2D eigenvalue weighted by Gasteiger charge is -2.13. The number of H-pyrrole nitrogens is 1. The van der Waals surface area contributed by atoms with Gasteiger partial charge in [0, 0.05) is 41.5 Å². The third-order valence-electron chi connectivity index (χ3n) is 5.37.